The molecule has 5 heteroatoms. The number of ether oxygens (including phenoxy) is 1. The molecule has 0 saturated carbocycles. The SMILES string of the molecule is CC(C)C1(c2nc(C3(C)CCCO3)no2)CCNC1. The molecule has 2 fully saturated rings. The third-order valence-corrected chi connectivity index (χ3v) is 4.84. The van der Waals surface area contributed by atoms with E-state index in [0.29, 0.717) is 11.7 Å². The molecule has 0 amide bonds. The van der Waals surface area contributed by atoms with Crippen LogP contribution < -0.4 is 5.32 Å². The molecule has 1 aromatic rings. The second kappa shape index (κ2) is 4.56. The largest absolute Gasteiger partial charge is 0.367 e. The lowest BCUT2D eigenvalue weighted by atomic mass is 9.76. The van der Waals surface area contributed by atoms with E-state index in [9.17, 15) is 0 Å². The van der Waals surface area contributed by atoms with Crippen LogP contribution in [0, 0.1) is 5.92 Å². The summed E-state index contributed by atoms with van der Waals surface area (Å²) in [6.45, 7) is 9.24. The van der Waals surface area contributed by atoms with Gasteiger partial charge < -0.3 is 14.6 Å². The van der Waals surface area contributed by atoms with Crippen molar-refractivity contribution in [2.75, 3.05) is 19.7 Å². The molecular formula is C14H23N3O2. The Morgan fingerprint density at radius 3 is 2.74 bits per heavy atom. The highest BCUT2D eigenvalue weighted by molar-refractivity contribution is 5.14. The number of hydrogen-bond acceptors (Lipinski definition) is 5. The van der Waals surface area contributed by atoms with Gasteiger partial charge in [-0.1, -0.05) is 19.0 Å². The van der Waals surface area contributed by atoms with Crippen LogP contribution >= 0.6 is 0 Å². The fourth-order valence-corrected chi connectivity index (χ4v) is 3.23. The zero-order valence-electron chi connectivity index (χ0n) is 12.0. The summed E-state index contributed by atoms with van der Waals surface area (Å²) >= 11 is 0. The van der Waals surface area contributed by atoms with Gasteiger partial charge in [0.05, 0.1) is 5.41 Å². The van der Waals surface area contributed by atoms with E-state index in [-0.39, 0.29) is 11.0 Å². The van der Waals surface area contributed by atoms with Crippen molar-refractivity contribution in [3.63, 3.8) is 0 Å². The third-order valence-electron chi connectivity index (χ3n) is 4.84. The van der Waals surface area contributed by atoms with Gasteiger partial charge in [-0.3, -0.25) is 0 Å². The molecule has 3 heterocycles. The molecule has 19 heavy (non-hydrogen) atoms. The van der Waals surface area contributed by atoms with Crippen molar-refractivity contribution in [3.05, 3.63) is 11.7 Å². The summed E-state index contributed by atoms with van der Waals surface area (Å²) in [4.78, 5) is 4.70. The molecule has 2 saturated heterocycles. The Balaban J connectivity index is 1.92. The highest BCUT2D eigenvalue weighted by Crippen LogP contribution is 2.39. The van der Waals surface area contributed by atoms with Crippen LogP contribution in [-0.2, 0) is 15.8 Å². The molecule has 2 unspecified atom stereocenters. The number of rotatable bonds is 3. The van der Waals surface area contributed by atoms with E-state index in [0.717, 1.165) is 44.8 Å². The van der Waals surface area contributed by atoms with Crippen molar-refractivity contribution >= 4 is 0 Å². The van der Waals surface area contributed by atoms with E-state index >= 15 is 0 Å². The second-order valence-corrected chi connectivity index (χ2v) is 6.34. The van der Waals surface area contributed by atoms with Gasteiger partial charge in [0.25, 0.3) is 0 Å². The van der Waals surface area contributed by atoms with E-state index in [2.05, 4.69) is 31.2 Å². The zero-order chi connectivity index (χ0) is 13.5. The predicted molar refractivity (Wildman–Crippen MR) is 70.8 cm³/mol. The summed E-state index contributed by atoms with van der Waals surface area (Å²) in [5.41, 5.74) is -0.369. The average molecular weight is 265 g/mol. The second-order valence-electron chi connectivity index (χ2n) is 6.34. The molecule has 5 nitrogen and oxygen atoms in total. The Morgan fingerprint density at radius 2 is 2.16 bits per heavy atom. The molecule has 1 aromatic heterocycles. The Morgan fingerprint density at radius 1 is 1.32 bits per heavy atom. The van der Waals surface area contributed by atoms with Crippen molar-refractivity contribution < 1.29 is 9.26 Å². The van der Waals surface area contributed by atoms with Gasteiger partial charge >= 0.3 is 0 Å². The summed E-state index contributed by atoms with van der Waals surface area (Å²) in [6.07, 6.45) is 3.10. The first-order valence-corrected chi connectivity index (χ1v) is 7.26. The Bertz CT molecular complexity index is 443. The highest BCUT2D eigenvalue weighted by atomic mass is 16.5. The topological polar surface area (TPSA) is 60.2 Å². The maximum Gasteiger partial charge on any atom is 0.234 e. The summed E-state index contributed by atoms with van der Waals surface area (Å²) in [7, 11) is 0. The molecule has 0 aromatic carbocycles. The normalized spacial score (nSPS) is 35.4. The summed E-state index contributed by atoms with van der Waals surface area (Å²) in [5, 5.41) is 7.63. The van der Waals surface area contributed by atoms with E-state index < -0.39 is 0 Å². The molecule has 106 valence electrons. The van der Waals surface area contributed by atoms with E-state index in [1.807, 2.05) is 0 Å². The Labute approximate surface area is 114 Å². The maximum atomic E-state index is 5.80. The van der Waals surface area contributed by atoms with Gasteiger partial charge in [-0.15, -0.1) is 0 Å². The molecular weight excluding hydrogens is 242 g/mol. The number of nitrogens with zero attached hydrogens (tertiary/aromatic N) is 2. The van der Waals surface area contributed by atoms with Crippen LogP contribution in [0.3, 0.4) is 0 Å². The lowest BCUT2D eigenvalue weighted by Gasteiger charge is -2.28. The van der Waals surface area contributed by atoms with Gasteiger partial charge in [0.1, 0.15) is 5.60 Å². The molecule has 0 spiro atoms. The van der Waals surface area contributed by atoms with E-state index in [1.54, 1.807) is 0 Å². The molecule has 3 rings (SSSR count). The third kappa shape index (κ3) is 1.99. The molecule has 1 N–H and O–H groups in total. The van der Waals surface area contributed by atoms with Gasteiger partial charge in [0, 0.05) is 13.2 Å². The first-order valence-electron chi connectivity index (χ1n) is 7.26. The lowest BCUT2D eigenvalue weighted by molar-refractivity contribution is 0.00768. The lowest BCUT2D eigenvalue weighted by Crippen LogP contribution is -2.35. The Kier molecular flexibility index (Phi) is 3.14. The molecule has 0 aliphatic carbocycles. The van der Waals surface area contributed by atoms with Crippen molar-refractivity contribution in [2.24, 2.45) is 5.92 Å². The standard InChI is InChI=1S/C14H23N3O2/c1-10(2)14(6-7-15-9-14)12-16-11(17-19-12)13(3)5-4-8-18-13/h10,15H,4-9H2,1-3H3. The predicted octanol–water partition coefficient (Wildman–Crippen LogP) is 1.98. The van der Waals surface area contributed by atoms with Crippen LogP contribution in [0.15, 0.2) is 4.52 Å². The fourth-order valence-electron chi connectivity index (χ4n) is 3.23. The Hall–Kier alpha value is -0.940. The maximum absolute atomic E-state index is 5.80. The van der Waals surface area contributed by atoms with Gasteiger partial charge in [-0.25, -0.2) is 0 Å². The monoisotopic (exact) mass is 265 g/mol. The fraction of sp³-hybridized carbons (Fsp3) is 0.857. The summed E-state index contributed by atoms with van der Waals surface area (Å²) < 4.78 is 11.4. The molecule has 0 bridgehead atoms. The number of hydrogen-bond donors (Lipinski definition) is 1. The molecule has 2 aliphatic heterocycles. The smallest absolute Gasteiger partial charge is 0.234 e. The van der Waals surface area contributed by atoms with Crippen molar-refractivity contribution in [2.45, 2.75) is 51.0 Å². The van der Waals surface area contributed by atoms with Crippen LogP contribution in [0.1, 0.15) is 51.7 Å². The van der Waals surface area contributed by atoms with Crippen molar-refractivity contribution in [1.82, 2.24) is 15.5 Å². The van der Waals surface area contributed by atoms with Crippen LogP contribution in [0.5, 0.6) is 0 Å². The van der Waals surface area contributed by atoms with Gasteiger partial charge in [-0.05, 0) is 38.6 Å². The minimum atomic E-state index is -0.355. The van der Waals surface area contributed by atoms with Crippen LogP contribution in [-0.4, -0.2) is 29.8 Å². The minimum Gasteiger partial charge on any atom is -0.367 e. The van der Waals surface area contributed by atoms with Crippen molar-refractivity contribution in [1.29, 1.82) is 0 Å². The van der Waals surface area contributed by atoms with Crippen LogP contribution in [0.25, 0.3) is 0 Å². The minimum absolute atomic E-state index is 0.0137. The number of aromatic nitrogens is 2. The van der Waals surface area contributed by atoms with Crippen molar-refractivity contribution in [3.8, 4) is 0 Å². The summed E-state index contributed by atoms with van der Waals surface area (Å²) in [6, 6.07) is 0. The van der Waals surface area contributed by atoms with E-state index in [4.69, 9.17) is 14.2 Å². The van der Waals surface area contributed by atoms with Gasteiger partial charge in [0.2, 0.25) is 11.7 Å². The van der Waals surface area contributed by atoms with Crippen LogP contribution in [0.2, 0.25) is 0 Å². The summed E-state index contributed by atoms with van der Waals surface area (Å²) in [5.74, 6) is 1.97. The zero-order valence-corrected chi connectivity index (χ0v) is 12.0. The molecule has 2 atom stereocenters. The first-order chi connectivity index (χ1) is 9.07. The number of nitrogens with one attached hydrogen (secondary N) is 1. The highest BCUT2D eigenvalue weighted by Gasteiger charge is 2.45. The van der Waals surface area contributed by atoms with E-state index in [1.165, 1.54) is 0 Å². The van der Waals surface area contributed by atoms with Gasteiger partial charge in [-0.2, -0.15) is 4.98 Å². The van der Waals surface area contributed by atoms with Gasteiger partial charge in [0.15, 0.2) is 0 Å². The average Bonchev–Trinajstić information content (AvgIpc) is 3.09. The molecule has 2 aliphatic rings. The van der Waals surface area contributed by atoms with Crippen LogP contribution in [0.4, 0.5) is 0 Å². The quantitative estimate of drug-likeness (QED) is 0.905. The first kappa shape index (κ1) is 13.1. The molecule has 0 radical (unpaired) electrons.